The van der Waals surface area contributed by atoms with Crippen molar-refractivity contribution in [2.24, 2.45) is 0 Å². The molecule has 0 spiro atoms. The maximum atomic E-state index is 5.01. The van der Waals surface area contributed by atoms with Gasteiger partial charge >= 0.3 is 0 Å². The average Bonchev–Trinajstić information content (AvgIpc) is 3.81. The quantitative estimate of drug-likeness (QED) is 0.182. The van der Waals surface area contributed by atoms with Gasteiger partial charge in [0, 0.05) is 35.3 Å². The molecular formula is C50H31N3. The molecular weight excluding hydrogens is 643 g/mol. The minimum Gasteiger partial charge on any atom is -0.306 e. The van der Waals surface area contributed by atoms with Gasteiger partial charge in [0.2, 0.25) is 0 Å². The molecule has 0 bridgehead atoms. The summed E-state index contributed by atoms with van der Waals surface area (Å²) < 4.78 is 2.09. The van der Waals surface area contributed by atoms with E-state index in [9.17, 15) is 0 Å². The van der Waals surface area contributed by atoms with Crippen molar-refractivity contribution < 1.29 is 0 Å². The Labute approximate surface area is 307 Å². The molecule has 0 N–H and O–H groups in total. The van der Waals surface area contributed by atoms with Crippen LogP contribution in [-0.4, -0.2) is 14.4 Å². The maximum absolute atomic E-state index is 5.01. The van der Waals surface area contributed by atoms with Gasteiger partial charge < -0.3 is 4.40 Å². The predicted octanol–water partition coefficient (Wildman–Crippen LogP) is 13.0. The topological polar surface area (TPSA) is 30.2 Å². The first kappa shape index (κ1) is 29.6. The van der Waals surface area contributed by atoms with E-state index in [1.165, 1.54) is 71.6 Å². The Balaban J connectivity index is 1.07. The molecule has 10 aromatic rings. The van der Waals surface area contributed by atoms with E-state index in [2.05, 4.69) is 168 Å². The lowest BCUT2D eigenvalue weighted by atomic mass is 9.82. The van der Waals surface area contributed by atoms with Gasteiger partial charge in [-0.3, -0.25) is 4.98 Å². The lowest BCUT2D eigenvalue weighted by Gasteiger charge is -2.20. The summed E-state index contributed by atoms with van der Waals surface area (Å²) in [4.78, 5) is 9.85. The number of pyridine rings is 2. The Morgan fingerprint density at radius 1 is 0.340 bits per heavy atom. The third-order valence-electron chi connectivity index (χ3n) is 10.8. The number of imidazole rings is 1. The Hall–Kier alpha value is -7.10. The van der Waals surface area contributed by atoms with Gasteiger partial charge in [-0.15, -0.1) is 0 Å². The third kappa shape index (κ3) is 4.61. The zero-order valence-corrected chi connectivity index (χ0v) is 28.7. The second-order valence-corrected chi connectivity index (χ2v) is 13.8. The van der Waals surface area contributed by atoms with Crippen molar-refractivity contribution in [1.82, 2.24) is 14.4 Å². The third-order valence-corrected chi connectivity index (χ3v) is 10.8. The van der Waals surface area contributed by atoms with Gasteiger partial charge in [0.1, 0.15) is 5.65 Å². The number of benzene rings is 7. The van der Waals surface area contributed by atoms with Crippen molar-refractivity contribution in [3.8, 4) is 78.1 Å². The molecule has 0 atom stereocenters. The molecule has 1 aliphatic carbocycles. The minimum absolute atomic E-state index is 0.914. The Kier molecular flexibility index (Phi) is 6.55. The lowest BCUT2D eigenvalue weighted by molar-refractivity contribution is 1.18. The molecule has 0 aliphatic heterocycles. The van der Waals surface area contributed by atoms with Crippen LogP contribution in [0.15, 0.2) is 188 Å². The molecule has 11 rings (SSSR count). The largest absolute Gasteiger partial charge is 0.306 e. The van der Waals surface area contributed by atoms with Crippen molar-refractivity contribution in [3.63, 3.8) is 0 Å². The fourth-order valence-corrected chi connectivity index (χ4v) is 8.48. The van der Waals surface area contributed by atoms with Crippen LogP contribution in [0, 0.1) is 0 Å². The summed E-state index contributed by atoms with van der Waals surface area (Å²) in [5.41, 5.74) is 17.5. The number of hydrogen-bond donors (Lipinski definition) is 0. The Bertz CT molecular complexity index is 2920. The summed E-state index contributed by atoms with van der Waals surface area (Å²) in [5.74, 6) is 0. The monoisotopic (exact) mass is 673 g/mol. The molecule has 0 fully saturated rings. The molecule has 53 heavy (non-hydrogen) atoms. The molecule has 0 amide bonds. The van der Waals surface area contributed by atoms with Crippen LogP contribution < -0.4 is 0 Å². The first-order chi connectivity index (χ1) is 26.3. The van der Waals surface area contributed by atoms with E-state index in [4.69, 9.17) is 9.97 Å². The summed E-state index contributed by atoms with van der Waals surface area (Å²) in [5, 5.41) is 5.08. The summed E-state index contributed by atoms with van der Waals surface area (Å²) in [6, 6.07) is 61.0. The highest BCUT2D eigenvalue weighted by molar-refractivity contribution is 6.28. The summed E-state index contributed by atoms with van der Waals surface area (Å²) in [7, 11) is 0. The zero-order chi connectivity index (χ0) is 34.9. The fourth-order valence-electron chi connectivity index (χ4n) is 8.48. The summed E-state index contributed by atoms with van der Waals surface area (Å²) >= 11 is 0. The standard InChI is InChI=1S/C50H31N3/c1-4-13-32(14-5-1)44-31-53-30-36(24-28-45(53)52-44)43-27-23-35(29-51-43)37-25-26-42-48-38(37)21-12-22-41(48)49-46(33-15-6-2-7-16-33)39-19-10-11-20-40(39)47(50(42)49)34-17-8-3-9-18-34/h1-31H. The van der Waals surface area contributed by atoms with E-state index >= 15 is 0 Å². The van der Waals surface area contributed by atoms with Crippen molar-refractivity contribution in [2.75, 3.05) is 0 Å². The van der Waals surface area contributed by atoms with Crippen molar-refractivity contribution in [1.29, 1.82) is 0 Å². The molecule has 7 aromatic carbocycles. The van der Waals surface area contributed by atoms with E-state index < -0.39 is 0 Å². The van der Waals surface area contributed by atoms with Crippen molar-refractivity contribution in [2.45, 2.75) is 0 Å². The molecule has 1 aliphatic rings. The van der Waals surface area contributed by atoms with Crippen molar-refractivity contribution in [3.05, 3.63) is 188 Å². The summed E-state index contributed by atoms with van der Waals surface area (Å²) in [6.07, 6.45) is 6.22. The SMILES string of the molecule is c1ccc(-c2cn3cc(-c4ccc(-c5ccc6c7c(cccc57)-c5c-6c(-c6ccccc6)c6ccccc6c5-c5ccccc5)cn4)ccc3n2)cc1. The Morgan fingerprint density at radius 2 is 0.906 bits per heavy atom. The molecule has 3 heterocycles. The van der Waals surface area contributed by atoms with Gasteiger partial charge in [-0.1, -0.05) is 152 Å². The molecule has 0 saturated carbocycles. The maximum Gasteiger partial charge on any atom is 0.137 e. The number of aromatic nitrogens is 3. The van der Waals surface area contributed by atoms with Crippen LogP contribution in [0.4, 0.5) is 0 Å². The number of hydrogen-bond acceptors (Lipinski definition) is 2. The summed E-state index contributed by atoms with van der Waals surface area (Å²) in [6.45, 7) is 0. The highest BCUT2D eigenvalue weighted by Crippen LogP contribution is 2.58. The van der Waals surface area contributed by atoms with E-state index in [0.717, 1.165) is 33.7 Å². The first-order valence-electron chi connectivity index (χ1n) is 18.1. The normalized spacial score (nSPS) is 11.8. The lowest BCUT2D eigenvalue weighted by Crippen LogP contribution is -1.93. The van der Waals surface area contributed by atoms with E-state index in [1.807, 2.05) is 24.4 Å². The number of fused-ring (bicyclic) bond motifs is 5. The van der Waals surface area contributed by atoms with Gasteiger partial charge in [0.05, 0.1) is 11.4 Å². The van der Waals surface area contributed by atoms with E-state index in [-0.39, 0.29) is 0 Å². The predicted molar refractivity (Wildman–Crippen MR) is 220 cm³/mol. The average molecular weight is 674 g/mol. The van der Waals surface area contributed by atoms with Crippen LogP contribution in [-0.2, 0) is 0 Å². The van der Waals surface area contributed by atoms with Crippen LogP contribution in [0.3, 0.4) is 0 Å². The second-order valence-electron chi connectivity index (χ2n) is 13.8. The van der Waals surface area contributed by atoms with Crippen LogP contribution in [0.25, 0.3) is 105 Å². The molecule has 0 saturated heterocycles. The van der Waals surface area contributed by atoms with Crippen LogP contribution >= 0.6 is 0 Å². The van der Waals surface area contributed by atoms with Gasteiger partial charge in [0.15, 0.2) is 0 Å². The number of nitrogens with zero attached hydrogens (tertiary/aromatic N) is 3. The molecule has 3 nitrogen and oxygen atoms in total. The van der Waals surface area contributed by atoms with Crippen LogP contribution in [0.1, 0.15) is 0 Å². The zero-order valence-electron chi connectivity index (χ0n) is 28.7. The molecule has 0 radical (unpaired) electrons. The first-order valence-corrected chi connectivity index (χ1v) is 18.1. The Morgan fingerprint density at radius 3 is 1.55 bits per heavy atom. The van der Waals surface area contributed by atoms with Gasteiger partial charge in [-0.2, -0.15) is 0 Å². The smallest absolute Gasteiger partial charge is 0.137 e. The van der Waals surface area contributed by atoms with Gasteiger partial charge in [0.25, 0.3) is 0 Å². The highest BCUT2D eigenvalue weighted by atomic mass is 15.0. The van der Waals surface area contributed by atoms with Gasteiger partial charge in [-0.05, 0) is 89.8 Å². The van der Waals surface area contributed by atoms with E-state index in [0.29, 0.717) is 0 Å². The van der Waals surface area contributed by atoms with Gasteiger partial charge in [-0.25, -0.2) is 4.98 Å². The molecule has 246 valence electrons. The molecule has 0 unspecified atom stereocenters. The van der Waals surface area contributed by atoms with Crippen molar-refractivity contribution >= 4 is 27.2 Å². The fraction of sp³-hybridized carbons (Fsp3) is 0. The highest BCUT2D eigenvalue weighted by Gasteiger charge is 2.31. The van der Waals surface area contributed by atoms with Crippen LogP contribution in [0.5, 0.6) is 0 Å². The number of rotatable bonds is 5. The minimum atomic E-state index is 0.914. The molecule has 3 heteroatoms. The molecule has 3 aromatic heterocycles. The second kappa shape index (κ2) is 11.7. The van der Waals surface area contributed by atoms with E-state index in [1.54, 1.807) is 0 Å². The van der Waals surface area contributed by atoms with Crippen LogP contribution in [0.2, 0.25) is 0 Å².